The minimum atomic E-state index is -1.01. The molecule has 14 heavy (non-hydrogen) atoms. The summed E-state index contributed by atoms with van der Waals surface area (Å²) in [5.74, 6) is 0.260. The third-order valence-electron chi connectivity index (χ3n) is 1.96. The van der Waals surface area contributed by atoms with E-state index in [9.17, 15) is 4.79 Å². The molecule has 0 aliphatic carbocycles. The van der Waals surface area contributed by atoms with Crippen LogP contribution in [0.5, 0.6) is 0 Å². The van der Waals surface area contributed by atoms with Gasteiger partial charge in [-0.05, 0) is 31.4 Å². The molecule has 0 aliphatic heterocycles. The van der Waals surface area contributed by atoms with Crippen LogP contribution >= 0.6 is 0 Å². The number of carbonyl (C=O) groups excluding carboxylic acids is 1. The highest BCUT2D eigenvalue weighted by molar-refractivity contribution is 6.48. The highest BCUT2D eigenvalue weighted by atomic mass is 28.3. The minimum Gasteiger partial charge on any atom is -0.413 e. The smallest absolute Gasteiger partial charge is 0.171 e. The van der Waals surface area contributed by atoms with Crippen LogP contribution in [0.4, 0.5) is 0 Å². The molecule has 2 nitrogen and oxygen atoms in total. The van der Waals surface area contributed by atoms with E-state index in [4.69, 9.17) is 4.43 Å². The third-order valence-corrected chi connectivity index (χ3v) is 2.79. The molecular weight excluding hydrogens is 192 g/mol. The minimum absolute atomic E-state index is 0.260. The Balaban J connectivity index is 3.46. The molecule has 0 atom stereocenters. The molecule has 0 bridgehead atoms. The summed E-state index contributed by atoms with van der Waals surface area (Å²) in [5.41, 5.74) is 0.341. The predicted molar refractivity (Wildman–Crippen MR) is 63.1 cm³/mol. The zero-order chi connectivity index (χ0) is 11.2. The van der Waals surface area contributed by atoms with Gasteiger partial charge >= 0.3 is 0 Å². The SMILES string of the molecule is C[SiH](C)OCC(=O)CCCC(C)(C)C. The molecule has 0 aromatic rings. The first-order valence-electron chi connectivity index (χ1n) is 5.44. The van der Waals surface area contributed by atoms with Crippen molar-refractivity contribution in [3.8, 4) is 0 Å². The van der Waals surface area contributed by atoms with E-state index >= 15 is 0 Å². The van der Waals surface area contributed by atoms with Crippen LogP contribution in [0.2, 0.25) is 13.1 Å². The molecule has 0 rings (SSSR count). The number of hydrogen-bond acceptors (Lipinski definition) is 2. The van der Waals surface area contributed by atoms with Crippen LogP contribution in [0.25, 0.3) is 0 Å². The number of hydrogen-bond donors (Lipinski definition) is 0. The molecule has 0 aromatic heterocycles. The fourth-order valence-electron chi connectivity index (χ4n) is 1.15. The molecule has 0 saturated carbocycles. The van der Waals surface area contributed by atoms with Crippen molar-refractivity contribution >= 4 is 14.8 Å². The Morgan fingerprint density at radius 1 is 1.29 bits per heavy atom. The van der Waals surface area contributed by atoms with Gasteiger partial charge in [0.25, 0.3) is 0 Å². The molecular formula is C11H24O2Si. The van der Waals surface area contributed by atoms with E-state index in [0.29, 0.717) is 18.4 Å². The van der Waals surface area contributed by atoms with Crippen LogP contribution in [0.15, 0.2) is 0 Å². The summed E-state index contributed by atoms with van der Waals surface area (Å²) in [7, 11) is -1.01. The summed E-state index contributed by atoms with van der Waals surface area (Å²) >= 11 is 0. The highest BCUT2D eigenvalue weighted by Gasteiger charge is 2.11. The van der Waals surface area contributed by atoms with Crippen LogP contribution < -0.4 is 0 Å². The molecule has 0 spiro atoms. The lowest BCUT2D eigenvalue weighted by atomic mass is 9.89. The maximum Gasteiger partial charge on any atom is 0.171 e. The molecule has 0 amide bonds. The molecule has 0 unspecified atom stereocenters. The first-order valence-corrected chi connectivity index (χ1v) is 8.22. The Labute approximate surface area is 89.8 Å². The Kier molecular flexibility index (Phi) is 6.28. The number of carbonyl (C=O) groups is 1. The molecule has 3 heteroatoms. The molecule has 0 fully saturated rings. The van der Waals surface area contributed by atoms with Crippen molar-refractivity contribution in [3.63, 3.8) is 0 Å². The van der Waals surface area contributed by atoms with Crippen molar-refractivity contribution in [3.05, 3.63) is 0 Å². The molecule has 0 radical (unpaired) electrons. The van der Waals surface area contributed by atoms with E-state index in [2.05, 4.69) is 33.9 Å². The van der Waals surface area contributed by atoms with Gasteiger partial charge in [-0.3, -0.25) is 4.79 Å². The van der Waals surface area contributed by atoms with Crippen molar-refractivity contribution in [2.24, 2.45) is 5.41 Å². The summed E-state index contributed by atoms with van der Waals surface area (Å²) in [6.07, 6.45) is 2.78. The van der Waals surface area contributed by atoms with Gasteiger partial charge in [0.1, 0.15) is 0 Å². The predicted octanol–water partition coefficient (Wildman–Crippen LogP) is 2.77. The molecule has 0 heterocycles. The first kappa shape index (κ1) is 13.8. The van der Waals surface area contributed by atoms with Crippen molar-refractivity contribution in [1.82, 2.24) is 0 Å². The van der Waals surface area contributed by atoms with Crippen LogP contribution in [0.3, 0.4) is 0 Å². The highest BCUT2D eigenvalue weighted by Crippen LogP contribution is 2.21. The summed E-state index contributed by atoms with van der Waals surface area (Å²) in [4.78, 5) is 11.3. The van der Waals surface area contributed by atoms with Gasteiger partial charge in [-0.15, -0.1) is 0 Å². The van der Waals surface area contributed by atoms with E-state index < -0.39 is 9.04 Å². The first-order chi connectivity index (χ1) is 6.31. The topological polar surface area (TPSA) is 26.3 Å². The van der Waals surface area contributed by atoms with E-state index in [0.717, 1.165) is 12.8 Å². The fourth-order valence-corrected chi connectivity index (χ4v) is 1.67. The van der Waals surface area contributed by atoms with Gasteiger partial charge < -0.3 is 4.43 Å². The number of Topliss-reactive ketones (excluding diaryl/α,β-unsaturated/α-hetero) is 1. The molecule has 0 aromatic carbocycles. The van der Waals surface area contributed by atoms with Gasteiger partial charge in [-0.25, -0.2) is 0 Å². The monoisotopic (exact) mass is 216 g/mol. The lowest BCUT2D eigenvalue weighted by Gasteiger charge is -2.17. The second kappa shape index (κ2) is 6.35. The van der Waals surface area contributed by atoms with E-state index in [-0.39, 0.29) is 5.78 Å². The second-order valence-electron chi connectivity index (χ2n) is 5.31. The van der Waals surface area contributed by atoms with Crippen LogP contribution in [-0.2, 0) is 9.22 Å². The lowest BCUT2D eigenvalue weighted by molar-refractivity contribution is -0.121. The third kappa shape index (κ3) is 9.93. The van der Waals surface area contributed by atoms with Gasteiger partial charge in [0, 0.05) is 6.42 Å². The molecule has 0 aliphatic rings. The van der Waals surface area contributed by atoms with Crippen molar-refractivity contribution < 1.29 is 9.22 Å². The Morgan fingerprint density at radius 2 is 1.86 bits per heavy atom. The van der Waals surface area contributed by atoms with E-state index in [1.807, 2.05) is 0 Å². The van der Waals surface area contributed by atoms with Gasteiger partial charge in [-0.2, -0.15) is 0 Å². The number of rotatable bonds is 6. The van der Waals surface area contributed by atoms with Crippen molar-refractivity contribution in [1.29, 1.82) is 0 Å². The second-order valence-corrected chi connectivity index (χ2v) is 7.74. The summed E-state index contributed by atoms with van der Waals surface area (Å²) in [6, 6.07) is 0. The normalized spacial score (nSPS) is 12.1. The average molecular weight is 216 g/mol. The van der Waals surface area contributed by atoms with Crippen molar-refractivity contribution in [2.45, 2.75) is 53.1 Å². The standard InChI is InChI=1S/C11H24O2Si/c1-11(2,3)8-6-7-10(12)9-13-14(4)5/h14H,6-9H2,1-5H3. The lowest BCUT2D eigenvalue weighted by Crippen LogP contribution is -2.16. The zero-order valence-corrected chi connectivity index (χ0v) is 11.4. The van der Waals surface area contributed by atoms with Crippen LogP contribution in [0.1, 0.15) is 40.0 Å². The summed E-state index contributed by atoms with van der Waals surface area (Å²) in [6.45, 7) is 11.1. The number of ketones is 1. The van der Waals surface area contributed by atoms with Crippen LogP contribution in [0, 0.1) is 5.41 Å². The quantitative estimate of drug-likeness (QED) is 0.638. The van der Waals surface area contributed by atoms with Gasteiger partial charge in [0.2, 0.25) is 0 Å². The zero-order valence-electron chi connectivity index (χ0n) is 10.2. The summed E-state index contributed by atoms with van der Waals surface area (Å²) < 4.78 is 5.38. The largest absolute Gasteiger partial charge is 0.413 e. The Morgan fingerprint density at radius 3 is 2.29 bits per heavy atom. The Hall–Kier alpha value is -0.153. The fraction of sp³-hybridized carbons (Fsp3) is 0.909. The van der Waals surface area contributed by atoms with Gasteiger partial charge in [0.15, 0.2) is 14.8 Å². The molecule has 84 valence electrons. The van der Waals surface area contributed by atoms with Crippen LogP contribution in [-0.4, -0.2) is 21.4 Å². The molecule has 0 N–H and O–H groups in total. The molecule has 0 saturated heterocycles. The Bertz CT molecular complexity index is 171. The van der Waals surface area contributed by atoms with E-state index in [1.54, 1.807) is 0 Å². The van der Waals surface area contributed by atoms with Gasteiger partial charge in [-0.1, -0.05) is 20.8 Å². The summed E-state index contributed by atoms with van der Waals surface area (Å²) in [5, 5.41) is 0. The van der Waals surface area contributed by atoms with E-state index in [1.165, 1.54) is 0 Å². The average Bonchev–Trinajstić information content (AvgIpc) is 1.98. The van der Waals surface area contributed by atoms with Crippen molar-refractivity contribution in [2.75, 3.05) is 6.61 Å². The maximum atomic E-state index is 11.3. The maximum absolute atomic E-state index is 11.3. The van der Waals surface area contributed by atoms with Gasteiger partial charge in [0.05, 0.1) is 6.61 Å².